The van der Waals surface area contributed by atoms with Crippen LogP contribution in [-0.2, 0) is 4.79 Å². The fourth-order valence-electron chi connectivity index (χ4n) is 1.70. The van der Waals surface area contributed by atoms with Gasteiger partial charge < -0.3 is 5.32 Å². The van der Waals surface area contributed by atoms with Crippen LogP contribution < -0.4 is 5.32 Å². The minimum atomic E-state index is -5.84. The molecule has 20 heavy (non-hydrogen) atoms. The van der Waals surface area contributed by atoms with Crippen molar-refractivity contribution in [3.63, 3.8) is 0 Å². The van der Waals surface area contributed by atoms with Crippen LogP contribution in [0.1, 0.15) is 58.3 Å². The normalized spacial score (nSPS) is 12.5. The molecule has 0 atom stereocenters. The molecule has 7 heteroatoms. The molecule has 0 rings (SSSR count). The molecule has 0 aromatic carbocycles. The van der Waals surface area contributed by atoms with Crippen molar-refractivity contribution in [1.82, 2.24) is 5.32 Å². The van der Waals surface area contributed by atoms with E-state index in [2.05, 4.69) is 6.92 Å². The van der Waals surface area contributed by atoms with Gasteiger partial charge in [0.15, 0.2) is 0 Å². The van der Waals surface area contributed by atoms with Crippen LogP contribution in [0, 0.1) is 0 Å². The van der Waals surface area contributed by atoms with Crippen molar-refractivity contribution in [2.45, 2.75) is 70.4 Å². The summed E-state index contributed by atoms with van der Waals surface area (Å²) in [5.74, 6) is -7.58. The molecule has 2 nitrogen and oxygen atoms in total. The third kappa shape index (κ3) is 7.05. The highest BCUT2D eigenvalue weighted by atomic mass is 19.4. The van der Waals surface area contributed by atoms with Crippen LogP contribution in [0.3, 0.4) is 0 Å². The maximum Gasteiger partial charge on any atom is 0.463 e. The van der Waals surface area contributed by atoms with Gasteiger partial charge in [-0.3, -0.25) is 4.79 Å². The van der Waals surface area contributed by atoms with E-state index in [0.29, 0.717) is 12.8 Å². The second-order valence-electron chi connectivity index (χ2n) is 4.80. The molecule has 0 aromatic rings. The Morgan fingerprint density at radius 3 is 1.75 bits per heavy atom. The number of alkyl halides is 5. The summed E-state index contributed by atoms with van der Waals surface area (Å²) in [4.78, 5) is 10.7. The van der Waals surface area contributed by atoms with Gasteiger partial charge in [-0.15, -0.1) is 0 Å². The van der Waals surface area contributed by atoms with E-state index < -0.39 is 18.0 Å². The number of carbonyl (C=O) groups is 1. The van der Waals surface area contributed by atoms with Crippen LogP contribution in [0.4, 0.5) is 22.0 Å². The van der Waals surface area contributed by atoms with E-state index in [0.717, 1.165) is 32.1 Å². The lowest BCUT2D eigenvalue weighted by Crippen LogP contribution is -2.50. The summed E-state index contributed by atoms with van der Waals surface area (Å²) in [5, 5.41) is 1.63. The molecule has 0 saturated heterocycles. The average molecular weight is 303 g/mol. The summed E-state index contributed by atoms with van der Waals surface area (Å²) in [5.41, 5.74) is 0. The first kappa shape index (κ1) is 19.1. The zero-order valence-electron chi connectivity index (χ0n) is 11.7. The zero-order valence-corrected chi connectivity index (χ0v) is 11.7. The highest BCUT2D eigenvalue weighted by Gasteiger charge is 2.63. The predicted octanol–water partition coefficient (Wildman–Crippen LogP) is 4.44. The van der Waals surface area contributed by atoms with Gasteiger partial charge >= 0.3 is 12.1 Å². The molecule has 120 valence electrons. The van der Waals surface area contributed by atoms with Gasteiger partial charge in [0, 0.05) is 6.54 Å². The van der Waals surface area contributed by atoms with Gasteiger partial charge in [0.2, 0.25) is 0 Å². The molecular weight excluding hydrogens is 281 g/mol. The fourth-order valence-corrected chi connectivity index (χ4v) is 1.70. The Bertz CT molecular complexity index is 278. The van der Waals surface area contributed by atoms with E-state index in [1.165, 1.54) is 6.42 Å². The van der Waals surface area contributed by atoms with Crippen LogP contribution in [0.15, 0.2) is 0 Å². The molecule has 0 bridgehead atoms. The van der Waals surface area contributed by atoms with Gasteiger partial charge in [0.25, 0.3) is 5.91 Å². The smallest absolute Gasteiger partial charge is 0.351 e. The molecule has 0 radical (unpaired) electrons. The van der Waals surface area contributed by atoms with Crippen molar-refractivity contribution < 1.29 is 26.7 Å². The minimum Gasteiger partial charge on any atom is -0.351 e. The third-order valence-electron chi connectivity index (χ3n) is 2.96. The Labute approximate surface area is 116 Å². The second-order valence-corrected chi connectivity index (χ2v) is 4.80. The van der Waals surface area contributed by atoms with Crippen LogP contribution in [0.25, 0.3) is 0 Å². The van der Waals surface area contributed by atoms with Crippen LogP contribution >= 0.6 is 0 Å². The lowest BCUT2D eigenvalue weighted by atomic mass is 10.1. The number of amides is 1. The summed E-state index contributed by atoms with van der Waals surface area (Å²) < 4.78 is 60.6. The lowest BCUT2D eigenvalue weighted by molar-refractivity contribution is -0.269. The Balaban J connectivity index is 3.63. The fraction of sp³-hybridized carbons (Fsp3) is 0.923. The van der Waals surface area contributed by atoms with Crippen molar-refractivity contribution >= 4 is 5.91 Å². The molecule has 0 unspecified atom stereocenters. The average Bonchev–Trinajstić information content (AvgIpc) is 2.35. The number of nitrogens with one attached hydrogen (secondary N) is 1. The monoisotopic (exact) mass is 303 g/mol. The summed E-state index contributed by atoms with van der Waals surface area (Å²) in [6.45, 7) is 1.96. The van der Waals surface area contributed by atoms with Gasteiger partial charge in [-0.2, -0.15) is 22.0 Å². The summed E-state index contributed by atoms with van der Waals surface area (Å²) in [6.07, 6.45) is 1.80. The van der Waals surface area contributed by atoms with E-state index in [1.807, 2.05) is 0 Å². The van der Waals surface area contributed by atoms with E-state index in [1.54, 1.807) is 5.32 Å². The quantitative estimate of drug-likeness (QED) is 0.469. The first-order valence-corrected chi connectivity index (χ1v) is 6.96. The maximum absolute atomic E-state index is 12.5. The van der Waals surface area contributed by atoms with Gasteiger partial charge in [-0.1, -0.05) is 51.9 Å². The zero-order chi connectivity index (χ0) is 15.6. The maximum atomic E-state index is 12.5. The van der Waals surface area contributed by atoms with E-state index in [-0.39, 0.29) is 6.54 Å². The molecule has 1 N–H and O–H groups in total. The van der Waals surface area contributed by atoms with Gasteiger partial charge in [-0.05, 0) is 6.42 Å². The second kappa shape index (κ2) is 9.13. The third-order valence-corrected chi connectivity index (χ3v) is 2.96. The molecule has 0 heterocycles. The topological polar surface area (TPSA) is 29.1 Å². The van der Waals surface area contributed by atoms with Crippen molar-refractivity contribution in [2.24, 2.45) is 0 Å². The lowest BCUT2D eigenvalue weighted by Gasteiger charge is -2.18. The van der Waals surface area contributed by atoms with Gasteiger partial charge in [0.05, 0.1) is 0 Å². The van der Waals surface area contributed by atoms with Gasteiger partial charge in [0.1, 0.15) is 0 Å². The number of hydrogen-bond donors (Lipinski definition) is 1. The van der Waals surface area contributed by atoms with E-state index in [4.69, 9.17) is 0 Å². The number of carbonyl (C=O) groups excluding carboxylic acids is 1. The van der Waals surface area contributed by atoms with Crippen LogP contribution in [0.5, 0.6) is 0 Å². The van der Waals surface area contributed by atoms with Crippen LogP contribution in [0.2, 0.25) is 0 Å². The predicted molar refractivity (Wildman–Crippen MR) is 66.6 cm³/mol. The summed E-state index contributed by atoms with van der Waals surface area (Å²) in [6, 6.07) is 0. The number of unbranched alkanes of at least 4 members (excludes halogenated alkanes) is 7. The molecular formula is C13H22F5NO. The molecule has 0 saturated carbocycles. The standard InChI is InChI=1S/C13H22F5NO/c1-2-3-4-5-6-7-8-9-10-19-11(20)12(14,15)13(16,17)18/h2-10H2,1H3,(H,19,20). The first-order chi connectivity index (χ1) is 9.23. The molecule has 0 aliphatic carbocycles. The number of halogens is 5. The van der Waals surface area contributed by atoms with E-state index >= 15 is 0 Å². The molecule has 0 aliphatic rings. The summed E-state index contributed by atoms with van der Waals surface area (Å²) >= 11 is 0. The number of hydrogen-bond acceptors (Lipinski definition) is 1. The largest absolute Gasteiger partial charge is 0.463 e. The first-order valence-electron chi connectivity index (χ1n) is 6.96. The van der Waals surface area contributed by atoms with Gasteiger partial charge in [-0.25, -0.2) is 0 Å². The highest BCUT2D eigenvalue weighted by Crippen LogP contribution is 2.35. The Morgan fingerprint density at radius 2 is 1.30 bits per heavy atom. The van der Waals surface area contributed by atoms with Crippen molar-refractivity contribution in [2.75, 3.05) is 6.54 Å². The Hall–Kier alpha value is -0.880. The molecule has 0 aliphatic heterocycles. The minimum absolute atomic E-state index is 0.153. The Morgan fingerprint density at radius 1 is 0.850 bits per heavy atom. The molecule has 0 fully saturated rings. The highest BCUT2D eigenvalue weighted by molar-refractivity contribution is 5.84. The van der Waals surface area contributed by atoms with E-state index in [9.17, 15) is 26.7 Å². The Kier molecular flexibility index (Phi) is 8.73. The van der Waals surface area contributed by atoms with Crippen molar-refractivity contribution in [1.29, 1.82) is 0 Å². The van der Waals surface area contributed by atoms with Crippen LogP contribution in [-0.4, -0.2) is 24.6 Å². The summed E-state index contributed by atoms with van der Waals surface area (Å²) in [7, 11) is 0. The number of rotatable bonds is 10. The molecule has 1 amide bonds. The molecule has 0 aromatic heterocycles. The SMILES string of the molecule is CCCCCCCCCCNC(=O)C(F)(F)C(F)(F)F. The molecule has 0 spiro atoms. The van der Waals surface area contributed by atoms with Crippen molar-refractivity contribution in [3.05, 3.63) is 0 Å². The van der Waals surface area contributed by atoms with Crippen molar-refractivity contribution in [3.8, 4) is 0 Å².